The molecule has 2 unspecified atom stereocenters. The summed E-state index contributed by atoms with van der Waals surface area (Å²) >= 11 is 1.62. The van der Waals surface area contributed by atoms with E-state index >= 15 is 0 Å². The summed E-state index contributed by atoms with van der Waals surface area (Å²) in [4.78, 5) is 31.8. The fourth-order valence-corrected chi connectivity index (χ4v) is 7.48. The van der Waals surface area contributed by atoms with Crippen LogP contribution in [0.25, 0.3) is 10.2 Å². The van der Waals surface area contributed by atoms with Crippen LogP contribution in [0.3, 0.4) is 0 Å². The van der Waals surface area contributed by atoms with Crippen LogP contribution >= 0.6 is 11.3 Å². The fourth-order valence-electron chi connectivity index (χ4n) is 6.67. The maximum Gasteiger partial charge on any atom is 0.309 e. The summed E-state index contributed by atoms with van der Waals surface area (Å²) < 4.78 is 13.3. The number of fused-ring (bicyclic) bond motifs is 2. The van der Waals surface area contributed by atoms with Crippen molar-refractivity contribution in [1.82, 2.24) is 4.98 Å². The lowest BCUT2D eigenvalue weighted by atomic mass is 9.58. The van der Waals surface area contributed by atoms with Crippen LogP contribution in [0.4, 0.5) is 0 Å². The molecular weight excluding hydrogens is 514 g/mol. The number of hydrogen-bond acceptors (Lipinski definition) is 8. The summed E-state index contributed by atoms with van der Waals surface area (Å²) in [6.07, 6.45) is 3.90. The van der Waals surface area contributed by atoms with Crippen LogP contribution in [0.5, 0.6) is 0 Å². The smallest absolute Gasteiger partial charge is 0.309 e. The van der Waals surface area contributed by atoms with Gasteiger partial charge < -0.3 is 19.7 Å². The van der Waals surface area contributed by atoms with E-state index in [4.69, 9.17) is 9.47 Å². The molecule has 212 valence electrons. The van der Waals surface area contributed by atoms with Crippen molar-refractivity contribution in [2.24, 2.45) is 17.3 Å². The molecule has 0 amide bonds. The average molecular weight is 556 g/mol. The minimum atomic E-state index is -1.17. The second-order valence-electron chi connectivity index (χ2n) is 12.2. The Morgan fingerprint density at radius 1 is 1.21 bits per heavy atom. The van der Waals surface area contributed by atoms with Crippen LogP contribution in [0.1, 0.15) is 88.3 Å². The lowest BCUT2D eigenvalue weighted by Crippen LogP contribution is -2.53. The van der Waals surface area contributed by atoms with E-state index in [9.17, 15) is 19.8 Å². The van der Waals surface area contributed by atoms with Crippen molar-refractivity contribution in [3.8, 4) is 0 Å². The van der Waals surface area contributed by atoms with E-state index in [0.29, 0.717) is 25.7 Å². The van der Waals surface area contributed by atoms with E-state index in [1.54, 1.807) is 17.4 Å². The van der Waals surface area contributed by atoms with Crippen molar-refractivity contribution in [3.05, 3.63) is 41.4 Å². The van der Waals surface area contributed by atoms with Crippen molar-refractivity contribution in [3.63, 3.8) is 0 Å². The molecule has 0 radical (unpaired) electrons. The summed E-state index contributed by atoms with van der Waals surface area (Å²) in [6.45, 7) is 9.85. The number of rotatable bonds is 3. The summed E-state index contributed by atoms with van der Waals surface area (Å²) in [5, 5.41) is 23.5. The van der Waals surface area contributed by atoms with Crippen LogP contribution < -0.4 is 0 Å². The first kappa shape index (κ1) is 28.4. The van der Waals surface area contributed by atoms with Crippen molar-refractivity contribution in [2.45, 2.75) is 109 Å². The highest BCUT2D eigenvalue weighted by Gasteiger charge is 2.55. The molecule has 1 aliphatic carbocycles. The lowest BCUT2D eigenvalue weighted by molar-refractivity contribution is -0.163. The van der Waals surface area contributed by atoms with Gasteiger partial charge in [-0.05, 0) is 69.6 Å². The first-order chi connectivity index (χ1) is 18.6. The number of thiazole rings is 1. The monoisotopic (exact) mass is 555 g/mol. The van der Waals surface area contributed by atoms with Gasteiger partial charge in [-0.2, -0.15) is 0 Å². The van der Waals surface area contributed by atoms with Crippen LogP contribution in [0, 0.1) is 24.2 Å². The number of aromatic nitrogens is 1. The number of ether oxygens (including phenoxy) is 2. The van der Waals surface area contributed by atoms with E-state index in [-0.39, 0.29) is 29.8 Å². The number of aryl methyl sites for hydroxylation is 1. The molecule has 1 aromatic heterocycles. The molecule has 39 heavy (non-hydrogen) atoms. The molecule has 3 fully saturated rings. The van der Waals surface area contributed by atoms with Gasteiger partial charge in [0.1, 0.15) is 11.9 Å². The molecule has 2 saturated heterocycles. The molecule has 7 nitrogen and oxygen atoms in total. The van der Waals surface area contributed by atoms with Gasteiger partial charge in [0.15, 0.2) is 0 Å². The third kappa shape index (κ3) is 5.58. The Morgan fingerprint density at radius 2 is 1.97 bits per heavy atom. The lowest BCUT2D eigenvalue weighted by Gasteiger charge is -2.46. The quantitative estimate of drug-likeness (QED) is 0.288. The van der Waals surface area contributed by atoms with E-state index in [2.05, 4.69) is 18.5 Å². The summed E-state index contributed by atoms with van der Waals surface area (Å²) in [6, 6.07) is 5.97. The number of carbonyl (C=O) groups is 2. The first-order valence-electron chi connectivity index (χ1n) is 14.3. The van der Waals surface area contributed by atoms with E-state index in [1.807, 2.05) is 32.0 Å². The normalized spacial score (nSPS) is 35.7. The molecule has 2 N–H and O–H groups in total. The molecule has 1 saturated carbocycles. The number of epoxide rings is 1. The Balaban J connectivity index is 1.44. The second-order valence-corrected chi connectivity index (χ2v) is 13.4. The Bertz CT molecular complexity index is 1240. The molecule has 1 aromatic carbocycles. The SMILES string of the molecule is C=CC[C@H]1C(=O)C2(CCC2)[C@@H](O)CC(=O)O[C@H](c2ccc3sc(C)nc3c2)CC2OC2(C)CCC[C@H](C)[C@H]1O. The average Bonchev–Trinajstić information content (AvgIpc) is 3.32. The number of aliphatic hydroxyl groups is 2. The predicted molar refractivity (Wildman–Crippen MR) is 150 cm³/mol. The number of aliphatic hydroxyl groups excluding tert-OH is 2. The fraction of sp³-hybridized carbons (Fsp3) is 0.645. The number of benzene rings is 1. The van der Waals surface area contributed by atoms with Crippen molar-refractivity contribution < 1.29 is 29.3 Å². The summed E-state index contributed by atoms with van der Waals surface area (Å²) in [5.41, 5.74) is 0.374. The summed E-state index contributed by atoms with van der Waals surface area (Å²) in [7, 11) is 0. The number of cyclic esters (lactones) is 1. The number of allylic oxidation sites excluding steroid dienone is 1. The molecule has 3 heterocycles. The number of hydrogen-bond donors (Lipinski definition) is 2. The molecule has 2 aliphatic heterocycles. The Kier molecular flexibility index (Phi) is 8.04. The highest BCUT2D eigenvalue weighted by atomic mass is 32.1. The van der Waals surface area contributed by atoms with Gasteiger partial charge in [0.25, 0.3) is 0 Å². The van der Waals surface area contributed by atoms with E-state index in [0.717, 1.165) is 46.5 Å². The zero-order valence-corrected chi connectivity index (χ0v) is 24.0. The predicted octanol–water partition coefficient (Wildman–Crippen LogP) is 5.60. The second kappa shape index (κ2) is 11.0. The Hall–Kier alpha value is -2.13. The molecule has 3 aliphatic rings. The molecule has 1 spiro atoms. The largest absolute Gasteiger partial charge is 0.457 e. The minimum Gasteiger partial charge on any atom is -0.457 e. The third-order valence-corrected chi connectivity index (χ3v) is 10.4. The van der Waals surface area contributed by atoms with Gasteiger partial charge in [-0.1, -0.05) is 31.9 Å². The number of esters is 1. The third-order valence-electron chi connectivity index (χ3n) is 9.45. The Morgan fingerprint density at radius 3 is 2.67 bits per heavy atom. The zero-order chi connectivity index (χ0) is 27.9. The maximum atomic E-state index is 13.9. The Labute approximate surface area is 234 Å². The van der Waals surface area contributed by atoms with Crippen LogP contribution in [0.2, 0.25) is 0 Å². The molecule has 0 bridgehead atoms. The number of ketones is 1. The van der Waals surface area contributed by atoms with Crippen molar-refractivity contribution >= 4 is 33.3 Å². The number of nitrogens with zero attached hydrogens (tertiary/aromatic N) is 1. The van der Waals surface area contributed by atoms with Crippen LogP contribution in [0.15, 0.2) is 30.9 Å². The van der Waals surface area contributed by atoms with Gasteiger partial charge in [-0.15, -0.1) is 17.9 Å². The minimum absolute atomic E-state index is 0.0608. The zero-order valence-electron chi connectivity index (χ0n) is 23.2. The molecular formula is C31H41NO6S. The van der Waals surface area contributed by atoms with E-state index in [1.165, 1.54) is 0 Å². The highest BCUT2D eigenvalue weighted by Crippen LogP contribution is 2.50. The van der Waals surface area contributed by atoms with Gasteiger partial charge in [-0.3, -0.25) is 9.59 Å². The standard InChI is InChI=1S/C31H41NO6S/c1-5-8-21-28(35)18(2)9-6-12-30(4)26(38-30)16-23(20-10-11-24-22(15-20)32-19(3)39-24)37-27(34)17-25(33)31(29(21)36)13-7-14-31/h5,10-11,15,18,21,23,25-26,28,33,35H,1,6-9,12-14,16-17H2,2-4H3/t18-,21+,23-,25-,26?,28+,30?/m0/s1. The molecule has 7 atom stereocenters. The molecule has 8 heteroatoms. The first-order valence-corrected chi connectivity index (χ1v) is 15.1. The van der Waals surface area contributed by atoms with Crippen molar-refractivity contribution in [1.29, 1.82) is 0 Å². The van der Waals surface area contributed by atoms with Gasteiger partial charge in [0, 0.05) is 12.3 Å². The van der Waals surface area contributed by atoms with Gasteiger partial charge in [0.05, 0.1) is 51.0 Å². The highest BCUT2D eigenvalue weighted by molar-refractivity contribution is 7.18. The topological polar surface area (TPSA) is 109 Å². The van der Waals surface area contributed by atoms with E-state index < -0.39 is 35.6 Å². The van der Waals surface area contributed by atoms with Gasteiger partial charge >= 0.3 is 5.97 Å². The van der Waals surface area contributed by atoms with Gasteiger partial charge in [-0.25, -0.2) is 4.98 Å². The van der Waals surface area contributed by atoms with Gasteiger partial charge in [0.2, 0.25) is 0 Å². The van der Waals surface area contributed by atoms with Crippen LogP contribution in [-0.4, -0.2) is 50.9 Å². The number of carbonyl (C=O) groups excluding carboxylic acids is 2. The van der Waals surface area contributed by atoms with Crippen molar-refractivity contribution in [2.75, 3.05) is 0 Å². The number of Topliss-reactive ketones (excluding diaryl/α,β-unsaturated/α-hetero) is 1. The molecule has 2 aromatic rings. The maximum absolute atomic E-state index is 13.9. The molecule has 5 rings (SSSR count). The summed E-state index contributed by atoms with van der Waals surface area (Å²) in [5.74, 6) is -1.44. The van der Waals surface area contributed by atoms with Crippen LogP contribution in [-0.2, 0) is 19.1 Å².